The van der Waals surface area contributed by atoms with E-state index in [1.165, 1.54) is 10.9 Å². The molecule has 2 rings (SSSR count). The fourth-order valence-electron chi connectivity index (χ4n) is 1.44. The molecule has 1 aromatic heterocycles. The number of aromatic nitrogens is 2. The van der Waals surface area contributed by atoms with Crippen molar-refractivity contribution in [3.05, 3.63) is 16.3 Å². The topological polar surface area (TPSA) is 82.2 Å². The maximum absolute atomic E-state index is 10.7. The van der Waals surface area contributed by atoms with Crippen molar-refractivity contribution in [3.8, 4) is 5.88 Å². The molecule has 1 aliphatic rings. The summed E-state index contributed by atoms with van der Waals surface area (Å²) >= 11 is 0. The fraction of sp³-hybridized carbons (Fsp3) is 0.625. The van der Waals surface area contributed by atoms with E-state index in [-0.39, 0.29) is 17.2 Å². The standard InChI is InChI=1S/C8H12N4O3/c1-8(4-9-5-8)15-7-6(12(13)14)3-10-11(7)2/h3,9H,4-5H2,1-2H3. The molecule has 0 saturated carbocycles. The Morgan fingerprint density at radius 1 is 1.73 bits per heavy atom. The summed E-state index contributed by atoms with van der Waals surface area (Å²) in [5.74, 6) is 0.212. The van der Waals surface area contributed by atoms with Crippen molar-refractivity contribution in [1.82, 2.24) is 15.1 Å². The normalized spacial score (nSPS) is 18.3. The van der Waals surface area contributed by atoms with Crippen LogP contribution in [0.3, 0.4) is 0 Å². The fourth-order valence-corrected chi connectivity index (χ4v) is 1.44. The molecule has 7 nitrogen and oxygen atoms in total. The summed E-state index contributed by atoms with van der Waals surface area (Å²) < 4.78 is 6.97. The smallest absolute Gasteiger partial charge is 0.350 e. The molecule has 1 N–H and O–H groups in total. The first kappa shape index (κ1) is 9.91. The number of ether oxygens (including phenoxy) is 1. The third kappa shape index (κ3) is 1.65. The van der Waals surface area contributed by atoms with Gasteiger partial charge in [0.25, 0.3) is 5.88 Å². The Hall–Kier alpha value is -1.63. The average molecular weight is 212 g/mol. The van der Waals surface area contributed by atoms with Crippen LogP contribution in [-0.2, 0) is 7.05 Å². The molecule has 1 aromatic rings. The number of aryl methyl sites for hydroxylation is 1. The van der Waals surface area contributed by atoms with Gasteiger partial charge in [-0.15, -0.1) is 0 Å². The lowest BCUT2D eigenvalue weighted by Crippen LogP contribution is -2.61. The average Bonchev–Trinajstić information content (AvgIpc) is 2.45. The van der Waals surface area contributed by atoms with Crippen molar-refractivity contribution in [2.24, 2.45) is 7.05 Å². The Morgan fingerprint density at radius 2 is 2.40 bits per heavy atom. The van der Waals surface area contributed by atoms with Crippen molar-refractivity contribution < 1.29 is 9.66 Å². The quantitative estimate of drug-likeness (QED) is 0.566. The molecule has 0 amide bonds. The number of hydrogen-bond acceptors (Lipinski definition) is 5. The van der Waals surface area contributed by atoms with E-state index < -0.39 is 4.92 Å². The van der Waals surface area contributed by atoms with Crippen LogP contribution in [-0.4, -0.2) is 33.4 Å². The third-order valence-electron chi connectivity index (χ3n) is 2.40. The summed E-state index contributed by atoms with van der Waals surface area (Å²) in [4.78, 5) is 10.2. The van der Waals surface area contributed by atoms with Crippen molar-refractivity contribution >= 4 is 5.69 Å². The molecule has 0 aliphatic carbocycles. The second-order valence-electron chi connectivity index (χ2n) is 3.87. The van der Waals surface area contributed by atoms with E-state index in [0.29, 0.717) is 13.1 Å². The summed E-state index contributed by atoms with van der Waals surface area (Å²) in [6, 6.07) is 0. The van der Waals surface area contributed by atoms with Gasteiger partial charge < -0.3 is 10.1 Å². The molecule has 1 aliphatic heterocycles. The van der Waals surface area contributed by atoms with Gasteiger partial charge in [0.1, 0.15) is 11.8 Å². The van der Waals surface area contributed by atoms with Crippen LogP contribution in [0.2, 0.25) is 0 Å². The van der Waals surface area contributed by atoms with Gasteiger partial charge in [-0.05, 0) is 6.92 Å². The minimum atomic E-state index is -0.488. The van der Waals surface area contributed by atoms with Crippen molar-refractivity contribution in [2.75, 3.05) is 13.1 Å². The van der Waals surface area contributed by atoms with E-state index in [1.807, 2.05) is 6.92 Å². The number of nitrogens with one attached hydrogen (secondary N) is 1. The summed E-state index contributed by atoms with van der Waals surface area (Å²) in [6.07, 6.45) is 1.20. The molecule has 0 atom stereocenters. The van der Waals surface area contributed by atoms with Crippen LogP contribution in [0.5, 0.6) is 5.88 Å². The highest BCUT2D eigenvalue weighted by molar-refractivity contribution is 5.39. The van der Waals surface area contributed by atoms with Gasteiger partial charge in [-0.25, -0.2) is 4.68 Å². The Bertz CT molecular complexity index is 397. The molecule has 2 heterocycles. The van der Waals surface area contributed by atoms with Gasteiger partial charge in [-0.2, -0.15) is 5.10 Å². The molecular weight excluding hydrogens is 200 g/mol. The summed E-state index contributed by atoms with van der Waals surface area (Å²) in [7, 11) is 1.62. The number of rotatable bonds is 3. The summed E-state index contributed by atoms with van der Waals surface area (Å²) in [5.41, 5.74) is -0.455. The predicted octanol–water partition coefficient (Wildman–Crippen LogP) is 0.0690. The second-order valence-corrected chi connectivity index (χ2v) is 3.87. The van der Waals surface area contributed by atoms with Gasteiger partial charge in [-0.1, -0.05) is 0 Å². The minimum Gasteiger partial charge on any atom is -0.464 e. The zero-order valence-corrected chi connectivity index (χ0v) is 8.56. The highest BCUT2D eigenvalue weighted by atomic mass is 16.6. The third-order valence-corrected chi connectivity index (χ3v) is 2.40. The SMILES string of the molecule is Cn1ncc([N+](=O)[O-])c1OC1(C)CNC1. The van der Waals surface area contributed by atoms with Crippen LogP contribution in [0.1, 0.15) is 6.92 Å². The van der Waals surface area contributed by atoms with E-state index in [0.717, 1.165) is 0 Å². The van der Waals surface area contributed by atoms with Gasteiger partial charge in [0.2, 0.25) is 0 Å². The Morgan fingerprint density at radius 3 is 2.87 bits per heavy atom. The van der Waals surface area contributed by atoms with E-state index in [9.17, 15) is 10.1 Å². The highest BCUT2D eigenvalue weighted by Crippen LogP contribution is 2.30. The number of nitro groups is 1. The molecule has 0 unspecified atom stereocenters. The van der Waals surface area contributed by atoms with E-state index in [2.05, 4.69) is 10.4 Å². The van der Waals surface area contributed by atoms with E-state index in [1.54, 1.807) is 7.05 Å². The predicted molar refractivity (Wildman–Crippen MR) is 51.8 cm³/mol. The van der Waals surface area contributed by atoms with Crippen LogP contribution in [0.4, 0.5) is 5.69 Å². The molecule has 82 valence electrons. The zero-order valence-electron chi connectivity index (χ0n) is 8.56. The maximum atomic E-state index is 10.7. The molecule has 0 spiro atoms. The van der Waals surface area contributed by atoms with Crippen LogP contribution in [0.25, 0.3) is 0 Å². The molecule has 1 saturated heterocycles. The van der Waals surface area contributed by atoms with Gasteiger partial charge in [-0.3, -0.25) is 10.1 Å². The van der Waals surface area contributed by atoms with Gasteiger partial charge in [0, 0.05) is 20.1 Å². The minimum absolute atomic E-state index is 0.0920. The Balaban J connectivity index is 2.26. The van der Waals surface area contributed by atoms with Gasteiger partial charge in [0.15, 0.2) is 0 Å². The molecule has 7 heteroatoms. The molecular formula is C8H12N4O3. The molecule has 0 bridgehead atoms. The van der Waals surface area contributed by atoms with Gasteiger partial charge in [0.05, 0.1) is 4.92 Å². The van der Waals surface area contributed by atoms with Crippen LogP contribution in [0.15, 0.2) is 6.20 Å². The Labute approximate surface area is 86.2 Å². The first-order valence-electron chi connectivity index (χ1n) is 4.58. The van der Waals surface area contributed by atoms with Gasteiger partial charge >= 0.3 is 5.69 Å². The lowest BCUT2D eigenvalue weighted by atomic mass is 10.0. The van der Waals surface area contributed by atoms with E-state index in [4.69, 9.17) is 4.74 Å². The largest absolute Gasteiger partial charge is 0.464 e. The Kier molecular flexibility index (Phi) is 2.11. The maximum Gasteiger partial charge on any atom is 0.350 e. The first-order valence-corrected chi connectivity index (χ1v) is 4.58. The lowest BCUT2D eigenvalue weighted by molar-refractivity contribution is -0.386. The summed E-state index contributed by atoms with van der Waals surface area (Å²) in [5, 5.41) is 17.6. The molecule has 0 radical (unpaired) electrons. The molecule has 0 aromatic carbocycles. The van der Waals surface area contributed by atoms with Crippen molar-refractivity contribution in [2.45, 2.75) is 12.5 Å². The molecule has 15 heavy (non-hydrogen) atoms. The first-order chi connectivity index (χ1) is 7.02. The zero-order chi connectivity index (χ0) is 11.1. The summed E-state index contributed by atoms with van der Waals surface area (Å²) in [6.45, 7) is 3.28. The van der Waals surface area contributed by atoms with Crippen LogP contribution < -0.4 is 10.1 Å². The number of nitrogens with zero attached hydrogens (tertiary/aromatic N) is 3. The van der Waals surface area contributed by atoms with Crippen LogP contribution >= 0.6 is 0 Å². The highest BCUT2D eigenvalue weighted by Gasteiger charge is 2.37. The van der Waals surface area contributed by atoms with Crippen molar-refractivity contribution in [1.29, 1.82) is 0 Å². The van der Waals surface area contributed by atoms with E-state index >= 15 is 0 Å². The second kappa shape index (κ2) is 3.20. The van der Waals surface area contributed by atoms with Crippen LogP contribution in [0, 0.1) is 10.1 Å². The monoisotopic (exact) mass is 212 g/mol. The molecule has 1 fully saturated rings. The van der Waals surface area contributed by atoms with Crippen molar-refractivity contribution in [3.63, 3.8) is 0 Å². The number of hydrogen-bond donors (Lipinski definition) is 1. The lowest BCUT2D eigenvalue weighted by Gasteiger charge is -2.38.